The number of fused-ring (bicyclic) bond motifs is 3. The van der Waals surface area contributed by atoms with Gasteiger partial charge >= 0.3 is 6.09 Å². The standard InChI is InChI=1S/C15H19NO2/c1-18-14(17)16-15-9-5-4-7-12(15)10-11-6-2-3-8-13(11)15/h2-3,6,8,12H,4-5,7,9-10H2,1H3,(H,16,17). The van der Waals surface area contributed by atoms with E-state index in [1.165, 1.54) is 37.5 Å². The van der Waals surface area contributed by atoms with Gasteiger partial charge in [0.2, 0.25) is 0 Å². The first-order valence-corrected chi connectivity index (χ1v) is 6.71. The second kappa shape index (κ2) is 4.30. The molecule has 0 aromatic heterocycles. The molecule has 1 N–H and O–H groups in total. The summed E-state index contributed by atoms with van der Waals surface area (Å²) < 4.78 is 4.82. The lowest BCUT2D eigenvalue weighted by molar-refractivity contribution is 0.120. The molecule has 2 aliphatic carbocycles. The van der Waals surface area contributed by atoms with Gasteiger partial charge in [0.15, 0.2) is 0 Å². The molecule has 2 aliphatic rings. The molecule has 1 aromatic rings. The first-order chi connectivity index (χ1) is 8.76. The van der Waals surface area contributed by atoms with Crippen LogP contribution in [0.4, 0.5) is 4.79 Å². The molecule has 1 fully saturated rings. The number of hydrogen-bond donors (Lipinski definition) is 1. The quantitative estimate of drug-likeness (QED) is 0.826. The Morgan fingerprint density at radius 3 is 3.06 bits per heavy atom. The maximum absolute atomic E-state index is 11.7. The predicted molar refractivity (Wildman–Crippen MR) is 69.3 cm³/mol. The number of ether oxygens (including phenoxy) is 1. The van der Waals surface area contributed by atoms with E-state index < -0.39 is 0 Å². The van der Waals surface area contributed by atoms with Crippen molar-refractivity contribution in [3.63, 3.8) is 0 Å². The van der Waals surface area contributed by atoms with Crippen molar-refractivity contribution in [1.82, 2.24) is 5.32 Å². The predicted octanol–water partition coefficient (Wildman–Crippen LogP) is 2.98. The molecule has 18 heavy (non-hydrogen) atoms. The summed E-state index contributed by atoms with van der Waals surface area (Å²) in [4.78, 5) is 11.7. The van der Waals surface area contributed by atoms with E-state index in [2.05, 4.69) is 29.6 Å². The molecule has 3 heteroatoms. The molecule has 2 unspecified atom stereocenters. The van der Waals surface area contributed by atoms with Crippen LogP contribution in [0.3, 0.4) is 0 Å². The molecule has 1 saturated carbocycles. The minimum atomic E-state index is -0.307. The average Bonchev–Trinajstić information content (AvgIpc) is 2.73. The number of carbonyl (C=O) groups is 1. The molecule has 1 amide bonds. The van der Waals surface area contributed by atoms with Crippen LogP contribution in [0.5, 0.6) is 0 Å². The van der Waals surface area contributed by atoms with Gasteiger partial charge in [-0.3, -0.25) is 0 Å². The van der Waals surface area contributed by atoms with Gasteiger partial charge in [-0.05, 0) is 36.3 Å². The zero-order valence-corrected chi connectivity index (χ0v) is 10.7. The van der Waals surface area contributed by atoms with Crippen molar-refractivity contribution in [1.29, 1.82) is 0 Å². The second-order valence-electron chi connectivity index (χ2n) is 5.39. The Balaban J connectivity index is 2.02. The average molecular weight is 245 g/mol. The van der Waals surface area contributed by atoms with Gasteiger partial charge in [-0.2, -0.15) is 0 Å². The van der Waals surface area contributed by atoms with E-state index in [0.29, 0.717) is 5.92 Å². The van der Waals surface area contributed by atoms with Crippen molar-refractivity contribution >= 4 is 6.09 Å². The van der Waals surface area contributed by atoms with Crippen molar-refractivity contribution in [3.05, 3.63) is 35.4 Å². The molecule has 0 spiro atoms. The van der Waals surface area contributed by atoms with E-state index in [-0.39, 0.29) is 11.6 Å². The van der Waals surface area contributed by atoms with E-state index in [9.17, 15) is 4.79 Å². The number of benzene rings is 1. The highest BCUT2D eigenvalue weighted by Gasteiger charge is 2.48. The van der Waals surface area contributed by atoms with E-state index in [1.54, 1.807) is 0 Å². The summed E-state index contributed by atoms with van der Waals surface area (Å²) in [5, 5.41) is 3.14. The monoisotopic (exact) mass is 245 g/mol. The third kappa shape index (κ3) is 1.61. The fraction of sp³-hybridized carbons (Fsp3) is 0.533. The Labute approximate surface area is 108 Å². The van der Waals surface area contributed by atoms with Crippen LogP contribution in [-0.2, 0) is 16.7 Å². The van der Waals surface area contributed by atoms with Crippen molar-refractivity contribution < 1.29 is 9.53 Å². The number of rotatable bonds is 1. The minimum absolute atomic E-state index is 0.179. The fourth-order valence-corrected chi connectivity index (χ4v) is 3.74. The number of alkyl carbamates (subject to hydrolysis) is 1. The van der Waals surface area contributed by atoms with Crippen LogP contribution >= 0.6 is 0 Å². The maximum Gasteiger partial charge on any atom is 0.407 e. The molecule has 0 saturated heterocycles. The number of hydrogen-bond acceptors (Lipinski definition) is 2. The summed E-state index contributed by atoms with van der Waals surface area (Å²) >= 11 is 0. The van der Waals surface area contributed by atoms with E-state index >= 15 is 0 Å². The van der Waals surface area contributed by atoms with Gasteiger partial charge in [0, 0.05) is 0 Å². The smallest absolute Gasteiger partial charge is 0.407 e. The van der Waals surface area contributed by atoms with Crippen molar-refractivity contribution in [2.24, 2.45) is 5.92 Å². The minimum Gasteiger partial charge on any atom is -0.453 e. The zero-order valence-electron chi connectivity index (χ0n) is 10.7. The van der Waals surface area contributed by atoms with Gasteiger partial charge in [-0.15, -0.1) is 0 Å². The third-order valence-corrected chi connectivity index (χ3v) is 4.55. The molecule has 96 valence electrons. The Morgan fingerprint density at radius 2 is 2.22 bits per heavy atom. The van der Waals surface area contributed by atoms with Crippen LogP contribution in [0.25, 0.3) is 0 Å². The van der Waals surface area contributed by atoms with Crippen LogP contribution in [0.1, 0.15) is 36.8 Å². The summed E-state index contributed by atoms with van der Waals surface area (Å²) in [7, 11) is 1.44. The highest BCUT2D eigenvalue weighted by Crippen LogP contribution is 2.49. The van der Waals surface area contributed by atoms with Crippen molar-refractivity contribution in [2.75, 3.05) is 7.11 Å². The van der Waals surface area contributed by atoms with Crippen LogP contribution in [0.15, 0.2) is 24.3 Å². The summed E-state index contributed by atoms with van der Waals surface area (Å²) in [5.74, 6) is 0.530. The zero-order chi connectivity index (χ0) is 12.6. The number of carbonyl (C=O) groups excluding carboxylic acids is 1. The topological polar surface area (TPSA) is 38.3 Å². The first kappa shape index (κ1) is 11.6. The molecule has 0 bridgehead atoms. The normalized spacial score (nSPS) is 29.3. The summed E-state index contributed by atoms with van der Waals surface area (Å²) in [6.45, 7) is 0. The largest absolute Gasteiger partial charge is 0.453 e. The van der Waals surface area contributed by atoms with Crippen LogP contribution in [-0.4, -0.2) is 13.2 Å². The van der Waals surface area contributed by atoms with Crippen molar-refractivity contribution in [3.8, 4) is 0 Å². The SMILES string of the molecule is COC(=O)NC12CCCCC1Cc1ccccc12. The van der Waals surface area contributed by atoms with E-state index in [1.807, 2.05) is 0 Å². The highest BCUT2D eigenvalue weighted by molar-refractivity contribution is 5.69. The van der Waals surface area contributed by atoms with Gasteiger partial charge < -0.3 is 10.1 Å². The van der Waals surface area contributed by atoms with Gasteiger partial charge in [-0.1, -0.05) is 37.1 Å². The number of nitrogens with one attached hydrogen (secondary N) is 1. The Morgan fingerprint density at radius 1 is 1.39 bits per heavy atom. The molecular formula is C15H19NO2. The lowest BCUT2D eigenvalue weighted by Crippen LogP contribution is -2.50. The molecule has 3 rings (SSSR count). The molecule has 0 radical (unpaired) electrons. The molecule has 2 atom stereocenters. The Hall–Kier alpha value is -1.51. The van der Waals surface area contributed by atoms with Gasteiger partial charge in [-0.25, -0.2) is 4.79 Å². The van der Waals surface area contributed by atoms with Gasteiger partial charge in [0.25, 0.3) is 0 Å². The second-order valence-corrected chi connectivity index (χ2v) is 5.39. The summed E-state index contributed by atoms with van der Waals surface area (Å²) in [5.41, 5.74) is 2.52. The van der Waals surface area contributed by atoms with Gasteiger partial charge in [0.05, 0.1) is 12.6 Å². The lowest BCUT2D eigenvalue weighted by Gasteiger charge is -2.40. The molecule has 0 heterocycles. The molecule has 1 aromatic carbocycles. The van der Waals surface area contributed by atoms with Crippen LogP contribution in [0, 0.1) is 5.92 Å². The molecular weight excluding hydrogens is 226 g/mol. The van der Waals surface area contributed by atoms with Crippen molar-refractivity contribution in [2.45, 2.75) is 37.6 Å². The number of amides is 1. The first-order valence-electron chi connectivity index (χ1n) is 6.71. The third-order valence-electron chi connectivity index (χ3n) is 4.55. The lowest BCUT2D eigenvalue weighted by atomic mass is 9.73. The van der Waals surface area contributed by atoms with Gasteiger partial charge in [0.1, 0.15) is 0 Å². The summed E-state index contributed by atoms with van der Waals surface area (Å²) in [6, 6.07) is 8.50. The van der Waals surface area contributed by atoms with Crippen LogP contribution in [0.2, 0.25) is 0 Å². The Bertz CT molecular complexity index is 471. The van der Waals surface area contributed by atoms with Crippen LogP contribution < -0.4 is 5.32 Å². The fourth-order valence-electron chi connectivity index (χ4n) is 3.74. The summed E-state index contributed by atoms with van der Waals surface area (Å²) in [6.07, 6.45) is 5.44. The highest BCUT2D eigenvalue weighted by atomic mass is 16.5. The van der Waals surface area contributed by atoms with E-state index in [0.717, 1.165) is 12.8 Å². The molecule has 0 aliphatic heterocycles. The van der Waals surface area contributed by atoms with E-state index in [4.69, 9.17) is 4.74 Å². The Kier molecular flexibility index (Phi) is 2.77. The molecule has 3 nitrogen and oxygen atoms in total. The maximum atomic E-state index is 11.7. The number of methoxy groups -OCH3 is 1.